The van der Waals surface area contributed by atoms with Crippen LogP contribution in [0.1, 0.15) is 34.1 Å². The van der Waals surface area contributed by atoms with Crippen LogP contribution in [-0.2, 0) is 4.74 Å². The topological polar surface area (TPSA) is 21.3 Å². The number of alkyl halides is 2. The van der Waals surface area contributed by atoms with E-state index in [4.69, 9.17) is 4.74 Å². The van der Waals surface area contributed by atoms with Crippen LogP contribution in [-0.4, -0.2) is 30.2 Å². The zero-order valence-electron chi connectivity index (χ0n) is 9.23. The molecule has 14 heavy (non-hydrogen) atoms. The van der Waals surface area contributed by atoms with Gasteiger partial charge in [-0.3, -0.25) is 0 Å². The number of hydrogen-bond acceptors (Lipinski definition) is 2. The van der Waals surface area contributed by atoms with Crippen molar-refractivity contribution in [3.05, 3.63) is 0 Å². The second-order valence-electron chi connectivity index (χ2n) is 4.64. The molecule has 4 heteroatoms. The summed E-state index contributed by atoms with van der Waals surface area (Å²) in [6.07, 6.45) is 0.799. The van der Waals surface area contributed by atoms with Gasteiger partial charge in [0.2, 0.25) is 0 Å². The van der Waals surface area contributed by atoms with E-state index in [1.807, 2.05) is 13.8 Å². The molecule has 0 saturated carbocycles. The quantitative estimate of drug-likeness (QED) is 0.766. The minimum Gasteiger partial charge on any atom is -0.374 e. The predicted octanol–water partition coefficient (Wildman–Crippen LogP) is 2.19. The summed E-state index contributed by atoms with van der Waals surface area (Å²) in [6.45, 7) is 6.95. The molecule has 1 rings (SSSR count). The molecule has 2 atom stereocenters. The maximum atomic E-state index is 12.9. The number of rotatable bonds is 3. The van der Waals surface area contributed by atoms with Crippen LogP contribution < -0.4 is 5.32 Å². The summed E-state index contributed by atoms with van der Waals surface area (Å²) in [5.74, 6) is -2.68. The van der Waals surface area contributed by atoms with Gasteiger partial charge < -0.3 is 10.1 Å². The van der Waals surface area contributed by atoms with Crippen LogP contribution in [0.3, 0.4) is 0 Å². The SMILES string of the molecule is CC(NC1CCOC1(C)C)C(C)(F)F. The van der Waals surface area contributed by atoms with E-state index in [-0.39, 0.29) is 11.6 Å². The average Bonchev–Trinajstić information content (AvgIpc) is 2.29. The predicted molar refractivity (Wildman–Crippen MR) is 51.7 cm³/mol. The zero-order chi connectivity index (χ0) is 11.0. The summed E-state index contributed by atoms with van der Waals surface area (Å²) in [5.41, 5.74) is -0.334. The molecule has 1 heterocycles. The fourth-order valence-electron chi connectivity index (χ4n) is 1.62. The van der Waals surface area contributed by atoms with Gasteiger partial charge in [0.25, 0.3) is 5.92 Å². The Hall–Kier alpha value is -0.220. The standard InChI is InChI=1S/C10H19F2NO/c1-7(10(4,11)12)13-8-5-6-14-9(8,2)3/h7-8,13H,5-6H2,1-4H3. The molecule has 1 aliphatic rings. The van der Waals surface area contributed by atoms with E-state index < -0.39 is 12.0 Å². The van der Waals surface area contributed by atoms with Crippen molar-refractivity contribution < 1.29 is 13.5 Å². The van der Waals surface area contributed by atoms with Gasteiger partial charge in [0.1, 0.15) is 0 Å². The van der Waals surface area contributed by atoms with Gasteiger partial charge in [-0.15, -0.1) is 0 Å². The van der Waals surface area contributed by atoms with Gasteiger partial charge in [0.15, 0.2) is 0 Å². The minimum absolute atomic E-state index is 0.0170. The normalized spacial score (nSPS) is 29.1. The van der Waals surface area contributed by atoms with Crippen molar-refractivity contribution in [3.63, 3.8) is 0 Å². The fraction of sp³-hybridized carbons (Fsp3) is 1.00. The lowest BCUT2D eigenvalue weighted by atomic mass is 9.97. The van der Waals surface area contributed by atoms with Gasteiger partial charge in [-0.05, 0) is 27.2 Å². The summed E-state index contributed by atoms with van der Waals surface area (Å²) in [5, 5.41) is 2.93. The first-order chi connectivity index (χ1) is 6.23. The van der Waals surface area contributed by atoms with E-state index >= 15 is 0 Å². The van der Waals surface area contributed by atoms with Crippen molar-refractivity contribution in [1.29, 1.82) is 0 Å². The number of nitrogens with one attached hydrogen (secondary N) is 1. The smallest absolute Gasteiger partial charge is 0.260 e. The Kier molecular flexibility index (Phi) is 3.17. The lowest BCUT2D eigenvalue weighted by Gasteiger charge is -2.31. The second-order valence-corrected chi connectivity index (χ2v) is 4.64. The summed E-state index contributed by atoms with van der Waals surface area (Å²) in [7, 11) is 0. The maximum Gasteiger partial charge on any atom is 0.260 e. The van der Waals surface area contributed by atoms with Gasteiger partial charge in [-0.25, -0.2) is 8.78 Å². The highest BCUT2D eigenvalue weighted by molar-refractivity contribution is 4.93. The van der Waals surface area contributed by atoms with E-state index in [2.05, 4.69) is 5.32 Å². The molecule has 0 radical (unpaired) electrons. The average molecular weight is 207 g/mol. The molecule has 1 fully saturated rings. The van der Waals surface area contributed by atoms with Crippen molar-refractivity contribution in [2.75, 3.05) is 6.61 Å². The summed E-state index contributed by atoms with van der Waals surface area (Å²) in [6, 6.07) is -0.795. The molecular weight excluding hydrogens is 188 g/mol. The van der Waals surface area contributed by atoms with E-state index in [1.165, 1.54) is 6.92 Å². The molecule has 1 aliphatic heterocycles. The molecule has 1 N–H and O–H groups in total. The number of hydrogen-bond donors (Lipinski definition) is 1. The lowest BCUT2D eigenvalue weighted by molar-refractivity contribution is -0.0297. The fourth-order valence-corrected chi connectivity index (χ4v) is 1.62. The summed E-state index contributed by atoms with van der Waals surface area (Å²) < 4.78 is 31.3. The molecule has 1 saturated heterocycles. The van der Waals surface area contributed by atoms with Gasteiger partial charge >= 0.3 is 0 Å². The molecule has 0 aromatic carbocycles. The Morgan fingerprint density at radius 2 is 2.07 bits per heavy atom. The maximum absolute atomic E-state index is 12.9. The van der Waals surface area contributed by atoms with Crippen molar-refractivity contribution >= 4 is 0 Å². The van der Waals surface area contributed by atoms with Gasteiger partial charge in [0.05, 0.1) is 11.6 Å². The molecule has 0 aliphatic carbocycles. The first kappa shape index (κ1) is 11.9. The Balaban J connectivity index is 2.52. The molecule has 84 valence electrons. The van der Waals surface area contributed by atoms with Crippen LogP contribution >= 0.6 is 0 Å². The first-order valence-corrected chi connectivity index (χ1v) is 5.01. The molecule has 2 nitrogen and oxygen atoms in total. The van der Waals surface area contributed by atoms with Crippen LogP contribution in [0.4, 0.5) is 8.78 Å². The van der Waals surface area contributed by atoms with Crippen LogP contribution in [0.2, 0.25) is 0 Å². The third-order valence-electron chi connectivity index (χ3n) is 2.93. The largest absolute Gasteiger partial charge is 0.374 e. The third-order valence-corrected chi connectivity index (χ3v) is 2.93. The Morgan fingerprint density at radius 1 is 1.50 bits per heavy atom. The summed E-state index contributed by atoms with van der Waals surface area (Å²) >= 11 is 0. The van der Waals surface area contributed by atoms with Crippen LogP contribution in [0.5, 0.6) is 0 Å². The van der Waals surface area contributed by atoms with E-state index in [1.54, 1.807) is 0 Å². The zero-order valence-corrected chi connectivity index (χ0v) is 9.23. The summed E-state index contributed by atoms with van der Waals surface area (Å²) in [4.78, 5) is 0. The highest BCUT2D eigenvalue weighted by atomic mass is 19.3. The van der Waals surface area contributed by atoms with Crippen molar-refractivity contribution in [3.8, 4) is 0 Å². The first-order valence-electron chi connectivity index (χ1n) is 5.01. The van der Waals surface area contributed by atoms with E-state index in [9.17, 15) is 8.78 Å². The van der Waals surface area contributed by atoms with Crippen LogP contribution in [0.15, 0.2) is 0 Å². The number of ether oxygens (including phenoxy) is 1. The Morgan fingerprint density at radius 3 is 2.43 bits per heavy atom. The van der Waals surface area contributed by atoms with Crippen molar-refractivity contribution in [1.82, 2.24) is 5.32 Å². The van der Waals surface area contributed by atoms with Gasteiger partial charge in [-0.1, -0.05) is 0 Å². The van der Waals surface area contributed by atoms with E-state index in [0.717, 1.165) is 13.3 Å². The molecular formula is C10H19F2NO. The van der Waals surface area contributed by atoms with Crippen molar-refractivity contribution in [2.24, 2.45) is 0 Å². The van der Waals surface area contributed by atoms with Crippen LogP contribution in [0, 0.1) is 0 Å². The van der Waals surface area contributed by atoms with Gasteiger partial charge in [-0.2, -0.15) is 0 Å². The van der Waals surface area contributed by atoms with Crippen molar-refractivity contribution in [2.45, 2.75) is 57.7 Å². The Labute approximate surface area is 84.0 Å². The lowest BCUT2D eigenvalue weighted by Crippen LogP contribution is -2.52. The second kappa shape index (κ2) is 3.74. The third kappa shape index (κ3) is 2.64. The molecule has 0 amide bonds. The van der Waals surface area contributed by atoms with E-state index in [0.29, 0.717) is 6.61 Å². The molecule has 0 aromatic rings. The highest BCUT2D eigenvalue weighted by Gasteiger charge is 2.40. The highest BCUT2D eigenvalue weighted by Crippen LogP contribution is 2.27. The van der Waals surface area contributed by atoms with Gasteiger partial charge in [0, 0.05) is 19.6 Å². The molecule has 2 unspecified atom stereocenters. The number of halogens is 2. The molecule has 0 aromatic heterocycles. The monoisotopic (exact) mass is 207 g/mol. The molecule has 0 spiro atoms. The Bertz CT molecular complexity index is 201. The van der Waals surface area contributed by atoms with Crippen LogP contribution in [0.25, 0.3) is 0 Å². The minimum atomic E-state index is -2.68. The molecule has 0 bridgehead atoms.